The second-order valence-corrected chi connectivity index (χ2v) is 9.16. The summed E-state index contributed by atoms with van der Waals surface area (Å²) in [5, 5.41) is 20.0. The highest BCUT2D eigenvalue weighted by Gasteiger charge is 2.53. The normalized spacial score (nSPS) is 17.6. The van der Waals surface area contributed by atoms with Crippen molar-refractivity contribution in [2.75, 3.05) is 7.11 Å². The number of hydrogen-bond donors (Lipinski definition) is 1. The van der Waals surface area contributed by atoms with Crippen LogP contribution >= 0.6 is 0 Å². The second-order valence-electron chi connectivity index (χ2n) is 9.16. The van der Waals surface area contributed by atoms with Crippen LogP contribution in [0, 0.1) is 18.6 Å². The molecule has 0 amide bonds. The maximum Gasteiger partial charge on any atom is 0.225 e. The lowest BCUT2D eigenvalue weighted by atomic mass is 9.79. The number of aryl methyl sites for hydroxylation is 1. The molecule has 5 rings (SSSR count). The van der Waals surface area contributed by atoms with E-state index in [1.54, 1.807) is 39.1 Å². The molecule has 11 heteroatoms. The van der Waals surface area contributed by atoms with Crippen LogP contribution in [0.5, 0.6) is 11.6 Å². The third-order valence-electron chi connectivity index (χ3n) is 6.36. The van der Waals surface area contributed by atoms with Gasteiger partial charge in [0.1, 0.15) is 17.0 Å². The van der Waals surface area contributed by atoms with Crippen molar-refractivity contribution < 1.29 is 27.8 Å². The largest absolute Gasteiger partial charge is 0.480 e. The van der Waals surface area contributed by atoms with Gasteiger partial charge in [0, 0.05) is 19.5 Å². The van der Waals surface area contributed by atoms with Crippen molar-refractivity contribution in [1.29, 1.82) is 0 Å². The van der Waals surface area contributed by atoms with E-state index in [2.05, 4.69) is 20.2 Å². The molecule has 4 aromatic rings. The van der Waals surface area contributed by atoms with Gasteiger partial charge in [-0.3, -0.25) is 0 Å². The summed E-state index contributed by atoms with van der Waals surface area (Å²) in [6.07, 6.45) is 2.59. The van der Waals surface area contributed by atoms with Gasteiger partial charge in [-0.1, -0.05) is 0 Å². The van der Waals surface area contributed by atoms with Crippen molar-refractivity contribution in [3.05, 3.63) is 59.9 Å². The Balaban J connectivity index is 1.59. The van der Waals surface area contributed by atoms with Crippen LogP contribution in [0.2, 0.25) is 0 Å². The molecule has 3 aromatic heterocycles. The number of fused-ring (bicyclic) bond motifs is 1. The monoisotopic (exact) mass is 497 g/mol. The zero-order valence-corrected chi connectivity index (χ0v) is 20.2. The highest BCUT2D eigenvalue weighted by Crippen LogP contribution is 2.45. The lowest BCUT2D eigenvalue weighted by molar-refractivity contribution is -0.137. The van der Waals surface area contributed by atoms with Gasteiger partial charge in [-0.2, -0.15) is 0 Å². The summed E-state index contributed by atoms with van der Waals surface area (Å²) in [6.45, 7) is 5.47. The van der Waals surface area contributed by atoms with E-state index in [0.717, 1.165) is 12.1 Å². The molecule has 0 bridgehead atoms. The zero-order valence-electron chi connectivity index (χ0n) is 20.2. The number of ether oxygens (including phenoxy) is 2. The minimum Gasteiger partial charge on any atom is -0.480 e. The highest BCUT2D eigenvalue weighted by atomic mass is 19.2. The zero-order chi connectivity index (χ0) is 25.7. The molecular formula is C25H25F2N5O4. The molecule has 0 radical (unpaired) electrons. The van der Waals surface area contributed by atoms with Crippen LogP contribution in [0.25, 0.3) is 22.8 Å². The third-order valence-corrected chi connectivity index (χ3v) is 6.36. The van der Waals surface area contributed by atoms with Gasteiger partial charge < -0.3 is 23.6 Å². The topological polar surface area (TPSA) is 108 Å². The number of oxazole rings is 1. The molecule has 0 aliphatic carbocycles. The number of halogens is 2. The maximum absolute atomic E-state index is 13.9. The van der Waals surface area contributed by atoms with Crippen LogP contribution in [0.3, 0.4) is 0 Å². The molecule has 4 heterocycles. The summed E-state index contributed by atoms with van der Waals surface area (Å²) in [5.41, 5.74) is -1.69. The van der Waals surface area contributed by atoms with Gasteiger partial charge in [-0.25, -0.2) is 18.7 Å². The summed E-state index contributed by atoms with van der Waals surface area (Å²) >= 11 is 0. The molecule has 1 N–H and O–H groups in total. The first-order chi connectivity index (χ1) is 17.1. The number of benzene rings is 1. The van der Waals surface area contributed by atoms with E-state index < -0.39 is 22.8 Å². The van der Waals surface area contributed by atoms with Gasteiger partial charge >= 0.3 is 0 Å². The summed E-state index contributed by atoms with van der Waals surface area (Å²) in [5.74, 6) is 0.207. The van der Waals surface area contributed by atoms with E-state index in [-0.39, 0.29) is 5.75 Å². The first kappa shape index (κ1) is 23.9. The van der Waals surface area contributed by atoms with Crippen LogP contribution in [0.1, 0.15) is 38.4 Å². The Morgan fingerprint density at radius 1 is 1.14 bits per heavy atom. The van der Waals surface area contributed by atoms with E-state index in [4.69, 9.17) is 13.9 Å². The number of methoxy groups -OCH3 is 1. The minimum absolute atomic E-state index is 0.0699. The molecule has 188 valence electrons. The van der Waals surface area contributed by atoms with Crippen molar-refractivity contribution in [3.63, 3.8) is 0 Å². The van der Waals surface area contributed by atoms with Gasteiger partial charge in [-0.05, 0) is 51.0 Å². The molecule has 1 aliphatic rings. The van der Waals surface area contributed by atoms with Crippen LogP contribution in [0.15, 0.2) is 40.9 Å². The lowest BCUT2D eigenvalue weighted by Gasteiger charge is -2.44. The number of aromatic nitrogens is 5. The summed E-state index contributed by atoms with van der Waals surface area (Å²) in [4.78, 5) is 8.74. The van der Waals surface area contributed by atoms with Gasteiger partial charge in [0.15, 0.2) is 40.5 Å². The van der Waals surface area contributed by atoms with Gasteiger partial charge in [0.25, 0.3) is 0 Å². The fraction of sp³-hybridized carbons (Fsp3) is 0.360. The average Bonchev–Trinajstić information content (AvgIpc) is 3.47. The molecule has 9 nitrogen and oxygen atoms in total. The van der Waals surface area contributed by atoms with Gasteiger partial charge in [-0.15, -0.1) is 10.2 Å². The van der Waals surface area contributed by atoms with Crippen molar-refractivity contribution >= 4 is 0 Å². The first-order valence-corrected chi connectivity index (χ1v) is 11.4. The SMILES string of the molecule is COc1nc(-c2nnc3n2CCCC3(Oc2ccc(F)c(F)c2)C(C)(C)O)ccc1-c1cnc(C)o1. The minimum atomic E-state index is -1.44. The Morgan fingerprint density at radius 2 is 1.94 bits per heavy atom. The van der Waals surface area contributed by atoms with Crippen LogP contribution in [0.4, 0.5) is 8.78 Å². The Kier molecular flexibility index (Phi) is 5.74. The predicted octanol–water partition coefficient (Wildman–Crippen LogP) is 4.43. The van der Waals surface area contributed by atoms with Crippen molar-refractivity contribution in [1.82, 2.24) is 24.7 Å². The van der Waals surface area contributed by atoms with Crippen molar-refractivity contribution in [2.45, 2.75) is 51.4 Å². The van der Waals surface area contributed by atoms with Gasteiger partial charge in [0.05, 0.1) is 18.9 Å². The number of nitrogens with zero attached hydrogens (tertiary/aromatic N) is 5. The molecule has 1 aromatic carbocycles. The Hall–Kier alpha value is -3.86. The second kappa shape index (κ2) is 8.66. The standard InChI is InChI=1S/C25H25F2N5O4/c1-14-28-13-20(35-14)16-7-9-19(29-22(16)34-4)21-30-31-23-25(24(2,3)33,10-5-11-32(21)23)36-15-6-8-17(26)18(27)12-15/h6-9,12-13,33H,5,10-11H2,1-4H3. The van der Waals surface area contributed by atoms with Crippen LogP contribution in [-0.4, -0.2) is 42.5 Å². The summed E-state index contributed by atoms with van der Waals surface area (Å²) in [6, 6.07) is 6.82. The van der Waals surface area contributed by atoms with Crippen molar-refractivity contribution in [3.8, 4) is 34.5 Å². The first-order valence-electron chi connectivity index (χ1n) is 11.4. The quantitative estimate of drug-likeness (QED) is 0.417. The number of hydrogen-bond acceptors (Lipinski definition) is 8. The molecule has 1 atom stereocenters. The smallest absolute Gasteiger partial charge is 0.225 e. The molecule has 0 spiro atoms. The average molecular weight is 498 g/mol. The number of aliphatic hydroxyl groups is 1. The highest BCUT2D eigenvalue weighted by molar-refractivity contribution is 5.66. The van der Waals surface area contributed by atoms with Crippen LogP contribution < -0.4 is 9.47 Å². The van der Waals surface area contributed by atoms with E-state index >= 15 is 0 Å². The van der Waals surface area contributed by atoms with E-state index in [9.17, 15) is 13.9 Å². The van der Waals surface area contributed by atoms with E-state index in [1.165, 1.54) is 13.2 Å². The Morgan fingerprint density at radius 3 is 2.61 bits per heavy atom. The summed E-state index contributed by atoms with van der Waals surface area (Å²) < 4.78 is 46.6. The van der Waals surface area contributed by atoms with Crippen LogP contribution in [-0.2, 0) is 12.1 Å². The number of pyridine rings is 1. The Bertz CT molecular complexity index is 1430. The molecule has 36 heavy (non-hydrogen) atoms. The molecular weight excluding hydrogens is 472 g/mol. The molecule has 1 unspecified atom stereocenters. The van der Waals surface area contributed by atoms with E-state index in [0.29, 0.717) is 59.8 Å². The Labute approximate surface area is 205 Å². The third kappa shape index (κ3) is 3.89. The lowest BCUT2D eigenvalue weighted by Crippen LogP contribution is -2.55. The molecule has 0 saturated heterocycles. The fourth-order valence-electron chi connectivity index (χ4n) is 4.54. The predicted molar refractivity (Wildman–Crippen MR) is 124 cm³/mol. The number of rotatable bonds is 6. The molecule has 0 saturated carbocycles. The molecule has 1 aliphatic heterocycles. The molecule has 0 fully saturated rings. The van der Waals surface area contributed by atoms with Crippen molar-refractivity contribution in [2.24, 2.45) is 0 Å². The van der Waals surface area contributed by atoms with Gasteiger partial charge in [0.2, 0.25) is 5.88 Å². The fourth-order valence-corrected chi connectivity index (χ4v) is 4.54. The summed E-state index contributed by atoms with van der Waals surface area (Å²) in [7, 11) is 1.51. The van der Waals surface area contributed by atoms with E-state index in [1.807, 2.05) is 4.57 Å². The maximum atomic E-state index is 13.9.